The van der Waals surface area contributed by atoms with Gasteiger partial charge in [-0.25, -0.2) is 4.79 Å². The van der Waals surface area contributed by atoms with Gasteiger partial charge in [0.15, 0.2) is 0 Å². The van der Waals surface area contributed by atoms with Crippen molar-refractivity contribution in [3.63, 3.8) is 0 Å². The maximum Gasteiger partial charge on any atom is 0.328 e. The van der Waals surface area contributed by atoms with Gasteiger partial charge in [0.1, 0.15) is 5.54 Å². The standard InChI is InChI=1S/C14H21N3O2/c1-16(2)10-5-6-12-11(9-10)14(15,13(18)19)7-4-8-17(12)3/h5-6,9H,4,7-8,15H2,1-3H3,(H,18,19). The summed E-state index contributed by atoms with van der Waals surface area (Å²) >= 11 is 0. The van der Waals surface area contributed by atoms with Crippen molar-refractivity contribution in [2.75, 3.05) is 37.5 Å². The van der Waals surface area contributed by atoms with Gasteiger partial charge in [-0.15, -0.1) is 0 Å². The molecule has 0 aromatic heterocycles. The Morgan fingerprint density at radius 1 is 1.47 bits per heavy atom. The van der Waals surface area contributed by atoms with Crippen molar-refractivity contribution in [3.8, 4) is 0 Å². The van der Waals surface area contributed by atoms with Crippen molar-refractivity contribution >= 4 is 17.3 Å². The summed E-state index contributed by atoms with van der Waals surface area (Å²) in [5.41, 5.74) is 7.47. The summed E-state index contributed by atoms with van der Waals surface area (Å²) in [4.78, 5) is 15.6. The van der Waals surface area contributed by atoms with E-state index in [0.717, 1.165) is 24.3 Å². The molecule has 104 valence electrons. The molecule has 1 unspecified atom stereocenters. The first-order valence-electron chi connectivity index (χ1n) is 6.41. The van der Waals surface area contributed by atoms with E-state index in [1.54, 1.807) is 0 Å². The number of carboxylic acid groups (broad SMARTS) is 1. The highest BCUT2D eigenvalue weighted by molar-refractivity contribution is 5.84. The summed E-state index contributed by atoms with van der Waals surface area (Å²) in [6.07, 6.45) is 1.22. The molecule has 1 aliphatic rings. The second-order valence-electron chi connectivity index (χ2n) is 5.40. The van der Waals surface area contributed by atoms with Gasteiger partial charge < -0.3 is 20.6 Å². The molecule has 3 N–H and O–H groups in total. The minimum atomic E-state index is -1.30. The van der Waals surface area contributed by atoms with Gasteiger partial charge in [-0.1, -0.05) is 0 Å². The van der Waals surface area contributed by atoms with Crippen LogP contribution in [0.2, 0.25) is 0 Å². The second kappa shape index (κ2) is 4.74. The second-order valence-corrected chi connectivity index (χ2v) is 5.40. The Labute approximate surface area is 113 Å². The van der Waals surface area contributed by atoms with E-state index in [9.17, 15) is 9.90 Å². The molecular formula is C14H21N3O2. The quantitative estimate of drug-likeness (QED) is 0.839. The summed E-state index contributed by atoms with van der Waals surface area (Å²) in [5, 5.41) is 9.53. The lowest BCUT2D eigenvalue weighted by Crippen LogP contribution is -2.44. The molecular weight excluding hydrogens is 242 g/mol. The number of nitrogens with zero attached hydrogens (tertiary/aromatic N) is 2. The van der Waals surface area contributed by atoms with Crippen molar-refractivity contribution in [1.29, 1.82) is 0 Å². The maximum absolute atomic E-state index is 11.6. The molecule has 2 rings (SSSR count). The van der Waals surface area contributed by atoms with Crippen LogP contribution in [-0.4, -0.2) is 38.8 Å². The van der Waals surface area contributed by atoms with Crippen molar-refractivity contribution in [2.45, 2.75) is 18.4 Å². The molecule has 0 saturated heterocycles. The van der Waals surface area contributed by atoms with Crippen molar-refractivity contribution in [1.82, 2.24) is 0 Å². The minimum Gasteiger partial charge on any atom is -0.480 e. The van der Waals surface area contributed by atoms with Gasteiger partial charge >= 0.3 is 5.97 Å². The van der Waals surface area contributed by atoms with Crippen LogP contribution in [0.3, 0.4) is 0 Å². The molecule has 0 spiro atoms. The monoisotopic (exact) mass is 263 g/mol. The molecule has 5 heteroatoms. The highest BCUT2D eigenvalue weighted by Gasteiger charge is 2.40. The van der Waals surface area contributed by atoms with E-state index < -0.39 is 11.5 Å². The molecule has 0 saturated carbocycles. The summed E-state index contributed by atoms with van der Waals surface area (Å²) in [6.45, 7) is 0.820. The van der Waals surface area contributed by atoms with Crippen molar-refractivity contribution in [2.24, 2.45) is 5.73 Å². The Morgan fingerprint density at radius 2 is 2.16 bits per heavy atom. The third-order valence-electron chi connectivity index (χ3n) is 3.83. The molecule has 1 aromatic carbocycles. The largest absolute Gasteiger partial charge is 0.480 e. The average molecular weight is 263 g/mol. The highest BCUT2D eigenvalue weighted by Crippen LogP contribution is 2.37. The van der Waals surface area contributed by atoms with Crippen LogP contribution >= 0.6 is 0 Å². The number of carbonyl (C=O) groups is 1. The SMILES string of the molecule is CN(C)c1ccc2c(c1)C(N)(C(=O)O)CCCN2C. The Morgan fingerprint density at radius 3 is 2.74 bits per heavy atom. The fraction of sp³-hybridized carbons (Fsp3) is 0.500. The van der Waals surface area contributed by atoms with Gasteiger partial charge in [0.25, 0.3) is 0 Å². The molecule has 0 radical (unpaired) electrons. The van der Waals surface area contributed by atoms with E-state index in [0.29, 0.717) is 12.0 Å². The number of carboxylic acids is 1. The van der Waals surface area contributed by atoms with E-state index in [1.165, 1.54) is 0 Å². The van der Waals surface area contributed by atoms with Gasteiger partial charge in [-0.3, -0.25) is 0 Å². The first-order valence-corrected chi connectivity index (χ1v) is 6.41. The van der Waals surface area contributed by atoms with E-state index in [1.807, 2.05) is 44.2 Å². The zero-order valence-electron chi connectivity index (χ0n) is 11.7. The number of rotatable bonds is 2. The highest BCUT2D eigenvalue weighted by atomic mass is 16.4. The summed E-state index contributed by atoms with van der Waals surface area (Å²) in [6, 6.07) is 5.84. The van der Waals surface area contributed by atoms with E-state index in [2.05, 4.69) is 4.90 Å². The number of hydrogen-bond acceptors (Lipinski definition) is 4. The molecule has 0 fully saturated rings. The van der Waals surface area contributed by atoms with Crippen LogP contribution in [0.25, 0.3) is 0 Å². The van der Waals surface area contributed by atoms with Crippen LogP contribution in [0.1, 0.15) is 18.4 Å². The molecule has 1 aliphatic heterocycles. The van der Waals surface area contributed by atoms with Crippen LogP contribution in [0.15, 0.2) is 18.2 Å². The number of nitrogens with two attached hydrogens (primary N) is 1. The lowest BCUT2D eigenvalue weighted by molar-refractivity contribution is -0.144. The number of fused-ring (bicyclic) bond motifs is 1. The normalized spacial score (nSPS) is 22.6. The number of hydrogen-bond donors (Lipinski definition) is 2. The Bertz CT molecular complexity index is 501. The van der Waals surface area contributed by atoms with Crippen LogP contribution in [-0.2, 0) is 10.3 Å². The molecule has 1 heterocycles. The molecule has 0 amide bonds. The van der Waals surface area contributed by atoms with Gasteiger partial charge in [-0.05, 0) is 31.0 Å². The number of anilines is 2. The van der Waals surface area contributed by atoms with E-state index in [4.69, 9.17) is 5.73 Å². The maximum atomic E-state index is 11.6. The topological polar surface area (TPSA) is 69.8 Å². The number of aliphatic carboxylic acids is 1. The van der Waals surface area contributed by atoms with Gasteiger partial charge in [0.2, 0.25) is 0 Å². The Balaban J connectivity index is 2.63. The fourth-order valence-electron chi connectivity index (χ4n) is 2.56. The lowest BCUT2D eigenvalue weighted by atomic mass is 9.86. The third kappa shape index (κ3) is 2.26. The predicted octanol–water partition coefficient (Wildman–Crippen LogP) is 1.22. The lowest BCUT2D eigenvalue weighted by Gasteiger charge is -2.28. The van der Waals surface area contributed by atoms with Crippen LogP contribution < -0.4 is 15.5 Å². The summed E-state index contributed by atoms with van der Waals surface area (Å²) < 4.78 is 0. The Hall–Kier alpha value is -1.75. The molecule has 1 atom stereocenters. The van der Waals surface area contributed by atoms with Crippen molar-refractivity contribution < 1.29 is 9.90 Å². The van der Waals surface area contributed by atoms with Gasteiger partial charge in [0.05, 0.1) is 0 Å². The van der Waals surface area contributed by atoms with Crippen LogP contribution in [0, 0.1) is 0 Å². The molecule has 0 bridgehead atoms. The fourth-order valence-corrected chi connectivity index (χ4v) is 2.56. The average Bonchev–Trinajstić information content (AvgIpc) is 2.48. The van der Waals surface area contributed by atoms with E-state index in [-0.39, 0.29) is 0 Å². The number of benzene rings is 1. The third-order valence-corrected chi connectivity index (χ3v) is 3.83. The molecule has 1 aromatic rings. The van der Waals surface area contributed by atoms with Gasteiger partial charge in [-0.2, -0.15) is 0 Å². The minimum absolute atomic E-state index is 0.455. The first-order chi connectivity index (χ1) is 8.86. The Kier molecular flexibility index (Phi) is 3.41. The van der Waals surface area contributed by atoms with Crippen LogP contribution in [0.5, 0.6) is 0 Å². The van der Waals surface area contributed by atoms with E-state index >= 15 is 0 Å². The molecule has 5 nitrogen and oxygen atoms in total. The van der Waals surface area contributed by atoms with Gasteiger partial charge in [0, 0.05) is 44.6 Å². The summed E-state index contributed by atoms with van der Waals surface area (Å²) in [7, 11) is 5.84. The zero-order valence-corrected chi connectivity index (χ0v) is 11.7. The molecule has 19 heavy (non-hydrogen) atoms. The zero-order chi connectivity index (χ0) is 14.2. The first kappa shape index (κ1) is 13.7. The molecule has 0 aliphatic carbocycles. The van der Waals surface area contributed by atoms with Crippen molar-refractivity contribution in [3.05, 3.63) is 23.8 Å². The predicted molar refractivity (Wildman–Crippen MR) is 76.8 cm³/mol. The smallest absolute Gasteiger partial charge is 0.328 e. The summed E-state index contributed by atoms with van der Waals surface area (Å²) in [5.74, 6) is -0.958. The van der Waals surface area contributed by atoms with Crippen LogP contribution in [0.4, 0.5) is 11.4 Å².